The van der Waals surface area contributed by atoms with Crippen molar-refractivity contribution in [2.24, 2.45) is 5.41 Å². The van der Waals surface area contributed by atoms with Gasteiger partial charge < -0.3 is 9.47 Å². The Morgan fingerprint density at radius 1 is 1.17 bits per heavy atom. The SMILES string of the molecule is CO[C@H]1[C@@H](C(=O)CCCC(C)(C)C)N(C(=O)OC(C)(C)C)C[C@@H]1F. The van der Waals surface area contributed by atoms with Gasteiger partial charge in [0.15, 0.2) is 5.78 Å². The second-order valence-electron chi connectivity index (χ2n) is 8.67. The molecule has 0 bridgehead atoms. The number of methoxy groups -OCH3 is 1. The molecule has 0 saturated carbocycles. The summed E-state index contributed by atoms with van der Waals surface area (Å²) >= 11 is 0. The number of rotatable bonds is 5. The largest absolute Gasteiger partial charge is 0.444 e. The van der Waals surface area contributed by atoms with Crippen molar-refractivity contribution in [2.45, 2.75) is 84.7 Å². The molecule has 0 aromatic rings. The van der Waals surface area contributed by atoms with Crippen LogP contribution >= 0.6 is 0 Å². The Labute approximate surface area is 144 Å². The summed E-state index contributed by atoms with van der Waals surface area (Å²) in [5.74, 6) is -0.169. The minimum atomic E-state index is -1.39. The third-order valence-corrected chi connectivity index (χ3v) is 3.95. The van der Waals surface area contributed by atoms with Gasteiger partial charge in [0.25, 0.3) is 0 Å². The van der Waals surface area contributed by atoms with Crippen LogP contribution in [0.1, 0.15) is 60.8 Å². The first-order valence-electron chi connectivity index (χ1n) is 8.55. The molecule has 1 aliphatic heterocycles. The summed E-state index contributed by atoms with van der Waals surface area (Å²) in [5, 5.41) is 0. The Kier molecular flexibility index (Phi) is 6.79. The Balaban J connectivity index is 2.83. The van der Waals surface area contributed by atoms with E-state index in [2.05, 4.69) is 20.8 Å². The minimum absolute atomic E-state index is 0.129. The molecule has 0 spiro atoms. The molecule has 0 aliphatic carbocycles. The number of carbonyl (C=O) groups is 2. The summed E-state index contributed by atoms with van der Waals surface area (Å²) in [6, 6.07) is -0.917. The van der Waals surface area contributed by atoms with Crippen molar-refractivity contribution >= 4 is 11.9 Å². The normalized spacial score (nSPS) is 25.0. The van der Waals surface area contributed by atoms with E-state index in [1.807, 2.05) is 0 Å². The van der Waals surface area contributed by atoms with Crippen LogP contribution in [0.4, 0.5) is 9.18 Å². The second kappa shape index (κ2) is 7.81. The molecule has 0 aromatic heterocycles. The van der Waals surface area contributed by atoms with Gasteiger partial charge in [-0.3, -0.25) is 9.69 Å². The molecule has 1 amide bonds. The van der Waals surface area contributed by atoms with Crippen molar-refractivity contribution in [3.63, 3.8) is 0 Å². The van der Waals surface area contributed by atoms with E-state index in [-0.39, 0.29) is 17.7 Å². The maximum absolute atomic E-state index is 14.2. The van der Waals surface area contributed by atoms with Crippen LogP contribution in [0.15, 0.2) is 0 Å². The summed E-state index contributed by atoms with van der Waals surface area (Å²) in [5.41, 5.74) is -0.571. The van der Waals surface area contributed by atoms with E-state index in [9.17, 15) is 14.0 Å². The van der Waals surface area contributed by atoms with Crippen LogP contribution in [0.5, 0.6) is 0 Å². The van der Waals surface area contributed by atoms with Gasteiger partial charge in [-0.2, -0.15) is 0 Å². The Morgan fingerprint density at radius 3 is 2.21 bits per heavy atom. The van der Waals surface area contributed by atoms with Crippen LogP contribution in [-0.2, 0) is 14.3 Å². The minimum Gasteiger partial charge on any atom is -0.444 e. The number of hydrogen-bond donors (Lipinski definition) is 0. The number of amides is 1. The van der Waals surface area contributed by atoms with Gasteiger partial charge in [0, 0.05) is 13.5 Å². The molecular weight excluding hydrogens is 313 g/mol. The first-order chi connectivity index (χ1) is 10.9. The highest BCUT2D eigenvalue weighted by Gasteiger charge is 2.49. The molecule has 1 rings (SSSR count). The summed E-state index contributed by atoms with van der Waals surface area (Å²) in [6.07, 6.45) is -1.10. The third kappa shape index (κ3) is 6.04. The summed E-state index contributed by atoms with van der Waals surface area (Å²) in [7, 11) is 1.37. The molecule has 140 valence electrons. The lowest BCUT2D eigenvalue weighted by atomic mass is 9.88. The lowest BCUT2D eigenvalue weighted by molar-refractivity contribution is -0.127. The molecule has 1 saturated heterocycles. The fourth-order valence-corrected chi connectivity index (χ4v) is 2.86. The van der Waals surface area contributed by atoms with Crippen LogP contribution < -0.4 is 0 Å². The first kappa shape index (κ1) is 20.9. The number of halogens is 1. The highest BCUT2D eigenvalue weighted by molar-refractivity contribution is 5.89. The zero-order chi connectivity index (χ0) is 18.7. The highest BCUT2D eigenvalue weighted by atomic mass is 19.1. The second-order valence-corrected chi connectivity index (χ2v) is 8.67. The van der Waals surface area contributed by atoms with Crippen LogP contribution in [0, 0.1) is 5.41 Å². The van der Waals surface area contributed by atoms with E-state index in [1.165, 1.54) is 12.0 Å². The molecule has 0 unspecified atom stereocenters. The number of carbonyl (C=O) groups excluding carboxylic acids is 2. The van der Waals surface area contributed by atoms with Gasteiger partial charge >= 0.3 is 6.09 Å². The van der Waals surface area contributed by atoms with Crippen molar-refractivity contribution in [2.75, 3.05) is 13.7 Å². The van der Waals surface area contributed by atoms with Crippen LogP contribution in [0.3, 0.4) is 0 Å². The van der Waals surface area contributed by atoms with E-state index in [0.29, 0.717) is 12.8 Å². The van der Waals surface area contributed by atoms with Crippen LogP contribution in [0.2, 0.25) is 0 Å². The maximum Gasteiger partial charge on any atom is 0.411 e. The molecule has 6 heteroatoms. The smallest absolute Gasteiger partial charge is 0.411 e. The van der Waals surface area contributed by atoms with Crippen LogP contribution in [0.25, 0.3) is 0 Å². The lowest BCUT2D eigenvalue weighted by Gasteiger charge is -2.29. The maximum atomic E-state index is 14.2. The lowest BCUT2D eigenvalue weighted by Crippen LogP contribution is -2.47. The van der Waals surface area contributed by atoms with Crippen molar-refractivity contribution in [3.05, 3.63) is 0 Å². The molecule has 1 fully saturated rings. The fourth-order valence-electron chi connectivity index (χ4n) is 2.86. The molecule has 1 aliphatic rings. The predicted octanol–water partition coefficient (Wildman–Crippen LogP) is 3.74. The van der Waals surface area contributed by atoms with Gasteiger partial charge in [-0.05, 0) is 39.0 Å². The summed E-state index contributed by atoms with van der Waals surface area (Å²) in [4.78, 5) is 26.2. The van der Waals surface area contributed by atoms with Gasteiger partial charge in [0.2, 0.25) is 0 Å². The molecule has 5 nitrogen and oxygen atoms in total. The Hall–Kier alpha value is -1.17. The topological polar surface area (TPSA) is 55.8 Å². The van der Waals surface area contributed by atoms with Gasteiger partial charge in [0.05, 0.1) is 6.54 Å². The average Bonchev–Trinajstić information content (AvgIpc) is 2.72. The number of nitrogens with zero attached hydrogens (tertiary/aromatic N) is 1. The van der Waals surface area contributed by atoms with E-state index in [1.54, 1.807) is 20.8 Å². The molecule has 0 N–H and O–H groups in total. The standard InChI is InChI=1S/C18H32FNO4/c1-17(2,3)10-8-9-13(21)14-15(23-7)12(19)11-20(14)16(22)24-18(4,5)6/h12,14-15H,8-11H2,1-7H3/t12-,14+,15+/m0/s1. The van der Waals surface area contributed by atoms with Crippen molar-refractivity contribution in [3.8, 4) is 0 Å². The molecule has 3 atom stereocenters. The number of hydrogen-bond acceptors (Lipinski definition) is 4. The van der Waals surface area contributed by atoms with Gasteiger partial charge in [-0.25, -0.2) is 9.18 Å². The number of Topliss-reactive ketones (excluding diaryl/α,β-unsaturated/α-hetero) is 1. The zero-order valence-corrected chi connectivity index (χ0v) is 16.0. The molecular formula is C18H32FNO4. The number of ketones is 1. The monoisotopic (exact) mass is 345 g/mol. The zero-order valence-electron chi connectivity index (χ0n) is 16.0. The molecule has 24 heavy (non-hydrogen) atoms. The van der Waals surface area contributed by atoms with Gasteiger partial charge in [-0.1, -0.05) is 20.8 Å². The number of likely N-dealkylation sites (tertiary alicyclic amines) is 1. The molecule has 0 radical (unpaired) electrons. The first-order valence-corrected chi connectivity index (χ1v) is 8.55. The van der Waals surface area contributed by atoms with Gasteiger partial charge in [0.1, 0.15) is 23.9 Å². The predicted molar refractivity (Wildman–Crippen MR) is 90.7 cm³/mol. The summed E-state index contributed by atoms with van der Waals surface area (Å²) in [6.45, 7) is 11.4. The average molecular weight is 345 g/mol. The Morgan fingerprint density at radius 2 is 1.75 bits per heavy atom. The van der Waals surface area contributed by atoms with Crippen molar-refractivity contribution in [1.82, 2.24) is 4.90 Å². The van der Waals surface area contributed by atoms with E-state index in [0.717, 1.165) is 6.42 Å². The van der Waals surface area contributed by atoms with Crippen molar-refractivity contribution < 1.29 is 23.5 Å². The fraction of sp³-hybridized carbons (Fsp3) is 0.889. The number of ether oxygens (including phenoxy) is 2. The van der Waals surface area contributed by atoms with E-state index < -0.39 is 30.0 Å². The third-order valence-electron chi connectivity index (χ3n) is 3.95. The molecule has 0 aromatic carbocycles. The Bertz CT molecular complexity index is 453. The van der Waals surface area contributed by atoms with E-state index in [4.69, 9.17) is 9.47 Å². The van der Waals surface area contributed by atoms with Crippen molar-refractivity contribution in [1.29, 1.82) is 0 Å². The highest BCUT2D eigenvalue weighted by Crippen LogP contribution is 2.29. The summed E-state index contributed by atoms with van der Waals surface area (Å²) < 4.78 is 24.7. The number of alkyl halides is 1. The van der Waals surface area contributed by atoms with Gasteiger partial charge in [-0.15, -0.1) is 0 Å². The van der Waals surface area contributed by atoms with Crippen LogP contribution in [-0.4, -0.2) is 54.3 Å². The van der Waals surface area contributed by atoms with E-state index >= 15 is 0 Å². The molecule has 1 heterocycles. The quantitative estimate of drug-likeness (QED) is 0.761.